The van der Waals surface area contributed by atoms with Crippen molar-refractivity contribution < 1.29 is 0 Å². The van der Waals surface area contributed by atoms with Crippen LogP contribution in [-0.2, 0) is 0 Å². The summed E-state index contributed by atoms with van der Waals surface area (Å²) in [5.74, 6) is 0. The predicted molar refractivity (Wildman–Crippen MR) is 92.2 cm³/mol. The fourth-order valence-corrected chi connectivity index (χ4v) is 8.55. The summed E-state index contributed by atoms with van der Waals surface area (Å²) in [6, 6.07) is 22.2. The fraction of sp³-hybridized carbons (Fsp3) is 0.294. The van der Waals surface area contributed by atoms with Gasteiger partial charge in [-0.25, -0.2) is 0 Å². The van der Waals surface area contributed by atoms with Gasteiger partial charge in [-0.15, -0.1) is 0 Å². The average Bonchev–Trinajstić information content (AvgIpc) is 2.45. The Morgan fingerprint density at radius 1 is 0.789 bits per heavy atom. The first-order valence-electron chi connectivity index (χ1n) is 7.15. The molecule has 0 unspecified atom stereocenters. The number of rotatable bonds is 6. The molecule has 2 aromatic carbocycles. The van der Waals surface area contributed by atoms with Gasteiger partial charge in [0, 0.05) is 0 Å². The van der Waals surface area contributed by atoms with Crippen LogP contribution in [0.3, 0.4) is 0 Å². The van der Waals surface area contributed by atoms with Crippen LogP contribution in [0.2, 0.25) is 14.3 Å². The minimum absolute atomic E-state index is 0.148. The molecule has 0 bridgehead atoms. The van der Waals surface area contributed by atoms with E-state index >= 15 is 0 Å². The zero-order valence-electron chi connectivity index (χ0n) is 11.9. The van der Waals surface area contributed by atoms with Gasteiger partial charge in [0.15, 0.2) is 0 Å². The van der Waals surface area contributed by atoms with Crippen molar-refractivity contribution in [2.24, 2.45) is 0 Å². The fourth-order valence-electron chi connectivity index (χ4n) is 2.28. The monoisotopic (exact) mass is 378 g/mol. The van der Waals surface area contributed by atoms with E-state index in [1.54, 1.807) is 4.44 Å². The average molecular weight is 377 g/mol. The van der Waals surface area contributed by atoms with E-state index < -0.39 is 19.8 Å². The molecule has 0 radical (unpaired) electrons. The molecule has 0 aliphatic rings. The molecule has 0 aliphatic heterocycles. The van der Waals surface area contributed by atoms with Gasteiger partial charge in [0.1, 0.15) is 0 Å². The van der Waals surface area contributed by atoms with E-state index in [2.05, 4.69) is 70.5 Å². The standard InChI is InChI=1S/C15H16P.2CH3.Sn.H/c1-2-13-16(14-9-5-3-6-10-14)15-11-7-4-8-12-15;;;;/h3-12H,1-2,13H2;2*1H3;;. The predicted octanol–water partition coefficient (Wildman–Crippen LogP) is 4.00. The van der Waals surface area contributed by atoms with Crippen LogP contribution in [0, 0.1) is 0 Å². The van der Waals surface area contributed by atoms with Crippen molar-refractivity contribution >= 4 is 38.3 Å². The first-order valence-corrected chi connectivity index (χ1v) is 17.6. The van der Waals surface area contributed by atoms with Gasteiger partial charge >= 0.3 is 126 Å². The Hall–Kier alpha value is -0.331. The second-order valence-corrected chi connectivity index (χ2v) is 17.3. The van der Waals surface area contributed by atoms with Crippen molar-refractivity contribution in [1.82, 2.24) is 0 Å². The van der Waals surface area contributed by atoms with Crippen LogP contribution in [-0.4, -0.2) is 25.9 Å². The summed E-state index contributed by atoms with van der Waals surface area (Å²) in [6.45, 7) is 0. The Morgan fingerprint density at radius 2 is 1.26 bits per heavy atom. The normalized spacial score (nSPS) is 11.2. The second kappa shape index (κ2) is 8.07. The molecule has 2 rings (SSSR count). The summed E-state index contributed by atoms with van der Waals surface area (Å²) in [4.78, 5) is 5.05. The van der Waals surface area contributed by atoms with Crippen LogP contribution in [0.4, 0.5) is 0 Å². The van der Waals surface area contributed by atoms with Gasteiger partial charge in [-0.2, -0.15) is 0 Å². The molecular formula is C17H23PSn. The van der Waals surface area contributed by atoms with E-state index in [0.29, 0.717) is 0 Å². The summed E-state index contributed by atoms with van der Waals surface area (Å²) < 4.78 is 1.54. The molecule has 2 heteroatoms. The van der Waals surface area contributed by atoms with Gasteiger partial charge in [-0.05, 0) is 0 Å². The molecule has 0 heterocycles. The number of hydrogen-bond acceptors (Lipinski definition) is 0. The Balaban J connectivity index is 2.14. The van der Waals surface area contributed by atoms with Crippen molar-refractivity contribution in [2.75, 3.05) is 6.16 Å². The quantitative estimate of drug-likeness (QED) is 0.528. The summed E-state index contributed by atoms with van der Waals surface area (Å²) in [5, 5.41) is 3.06. The number of hydrogen-bond donors (Lipinski definition) is 0. The van der Waals surface area contributed by atoms with Gasteiger partial charge in [-0.1, -0.05) is 0 Å². The van der Waals surface area contributed by atoms with E-state index in [1.165, 1.54) is 23.2 Å². The zero-order chi connectivity index (χ0) is 13.5. The van der Waals surface area contributed by atoms with Crippen LogP contribution >= 0.6 is 7.92 Å². The number of benzene rings is 2. The third-order valence-corrected chi connectivity index (χ3v) is 10.4. The van der Waals surface area contributed by atoms with Crippen LogP contribution in [0.5, 0.6) is 0 Å². The van der Waals surface area contributed by atoms with E-state index in [1.807, 2.05) is 0 Å². The first kappa shape index (κ1) is 15.1. The summed E-state index contributed by atoms with van der Waals surface area (Å²) in [6.07, 6.45) is 2.78. The molecule has 0 N–H and O–H groups in total. The van der Waals surface area contributed by atoms with Gasteiger partial charge in [0.05, 0.1) is 0 Å². The maximum atomic E-state index is 2.52. The third kappa shape index (κ3) is 4.93. The summed E-state index contributed by atoms with van der Waals surface area (Å²) in [7, 11) is -0.148. The summed E-state index contributed by atoms with van der Waals surface area (Å²) in [5.41, 5.74) is 0. The van der Waals surface area contributed by atoms with Crippen molar-refractivity contribution in [1.29, 1.82) is 0 Å². The molecule has 0 saturated heterocycles. The molecule has 0 aromatic heterocycles. The van der Waals surface area contributed by atoms with Gasteiger partial charge in [0.2, 0.25) is 0 Å². The van der Waals surface area contributed by atoms with Crippen molar-refractivity contribution in [3.63, 3.8) is 0 Å². The van der Waals surface area contributed by atoms with E-state index in [9.17, 15) is 0 Å². The molecule has 0 amide bonds. The molecule has 19 heavy (non-hydrogen) atoms. The van der Waals surface area contributed by atoms with Crippen molar-refractivity contribution in [2.45, 2.75) is 20.7 Å². The molecule has 0 atom stereocenters. The molecule has 0 aliphatic carbocycles. The van der Waals surface area contributed by atoms with Crippen LogP contribution in [0.25, 0.3) is 0 Å². The molecule has 0 fully saturated rings. The Kier molecular flexibility index (Phi) is 6.40. The Morgan fingerprint density at radius 3 is 1.68 bits per heavy atom. The second-order valence-electron chi connectivity index (χ2n) is 5.36. The SMILES string of the molecule is [CH3][SnH]([CH3])[CH2]CCP(c1ccccc1)c1ccccc1. The Labute approximate surface area is 125 Å². The van der Waals surface area contributed by atoms with E-state index in [4.69, 9.17) is 0 Å². The third-order valence-electron chi connectivity index (χ3n) is 3.30. The van der Waals surface area contributed by atoms with Crippen LogP contribution in [0.15, 0.2) is 60.7 Å². The molecular weight excluding hydrogens is 354 g/mol. The maximum absolute atomic E-state index is 2.52. The molecule has 0 spiro atoms. The molecule has 2 aromatic rings. The minimum atomic E-state index is -1.03. The first-order chi connectivity index (χ1) is 9.27. The van der Waals surface area contributed by atoms with E-state index in [-0.39, 0.29) is 7.92 Å². The van der Waals surface area contributed by atoms with Gasteiger partial charge in [-0.3, -0.25) is 0 Å². The topological polar surface area (TPSA) is 0 Å². The molecule has 0 saturated carbocycles. The molecule has 0 nitrogen and oxygen atoms in total. The van der Waals surface area contributed by atoms with Gasteiger partial charge in [0.25, 0.3) is 0 Å². The van der Waals surface area contributed by atoms with Crippen molar-refractivity contribution in [3.05, 3.63) is 60.7 Å². The van der Waals surface area contributed by atoms with Crippen LogP contribution in [0.1, 0.15) is 6.42 Å². The van der Waals surface area contributed by atoms with Crippen LogP contribution < -0.4 is 10.6 Å². The molecule has 100 valence electrons. The van der Waals surface area contributed by atoms with Crippen molar-refractivity contribution in [3.8, 4) is 0 Å². The zero-order valence-corrected chi connectivity index (χ0v) is 16.1. The Bertz CT molecular complexity index is 428. The van der Waals surface area contributed by atoms with Gasteiger partial charge < -0.3 is 0 Å². The van der Waals surface area contributed by atoms with E-state index in [0.717, 1.165) is 0 Å². The summed E-state index contributed by atoms with van der Waals surface area (Å²) >= 11 is -1.03.